The second-order valence-corrected chi connectivity index (χ2v) is 10.9. The van der Waals surface area contributed by atoms with Gasteiger partial charge in [0, 0.05) is 35.1 Å². The van der Waals surface area contributed by atoms with Gasteiger partial charge in [-0.2, -0.15) is 5.10 Å². The van der Waals surface area contributed by atoms with Crippen molar-refractivity contribution in [2.24, 2.45) is 0 Å². The molecule has 1 aliphatic heterocycles. The lowest BCUT2D eigenvalue weighted by Crippen LogP contribution is -2.12. The van der Waals surface area contributed by atoms with Crippen LogP contribution in [0.15, 0.2) is 54.6 Å². The topological polar surface area (TPSA) is 89.4 Å². The number of fused-ring (bicyclic) bond motifs is 3. The molecule has 2 N–H and O–H groups in total. The van der Waals surface area contributed by atoms with Crippen LogP contribution in [0.3, 0.4) is 0 Å². The molecule has 0 spiro atoms. The molecule has 1 aliphatic rings. The number of H-pyrrole nitrogens is 1. The number of aromatic carboxylic acids is 1. The number of nitrogens with zero attached hydrogens (tertiary/aromatic N) is 2. The minimum atomic E-state index is -0.887. The third-order valence-corrected chi connectivity index (χ3v) is 8.14. The second-order valence-electron chi connectivity index (χ2n) is 10.9. The first-order valence-corrected chi connectivity index (χ1v) is 14.7. The maximum absolute atomic E-state index is 12.9. The van der Waals surface area contributed by atoms with Crippen molar-refractivity contribution >= 4 is 27.6 Å². The molecule has 0 fully saturated rings. The summed E-state index contributed by atoms with van der Waals surface area (Å²) in [7, 11) is 0. The predicted molar refractivity (Wildman–Crippen MR) is 162 cm³/mol. The molecule has 212 valence electrons. The number of benzene rings is 3. The van der Waals surface area contributed by atoms with Crippen LogP contribution in [0.5, 0.6) is 5.75 Å². The first-order chi connectivity index (χ1) is 20.1. The van der Waals surface area contributed by atoms with E-state index in [1.54, 1.807) is 0 Å². The normalized spacial score (nSPS) is 13.7. The Morgan fingerprint density at radius 3 is 2.76 bits per heavy atom. The summed E-state index contributed by atoms with van der Waals surface area (Å²) in [6.45, 7) is 6.48. The summed E-state index contributed by atoms with van der Waals surface area (Å²) >= 11 is 0. The molecule has 0 unspecified atom stereocenters. The molecular weight excluding hydrogens is 514 g/mol. The molecule has 0 aliphatic carbocycles. The van der Waals surface area contributed by atoms with E-state index in [0.29, 0.717) is 44.9 Å². The average Bonchev–Trinajstić information content (AvgIpc) is 3.50. The maximum atomic E-state index is 12.9. The summed E-state index contributed by atoms with van der Waals surface area (Å²) in [6.07, 6.45) is 4.83. The molecule has 3 aromatic carbocycles. The van der Waals surface area contributed by atoms with E-state index in [4.69, 9.17) is 9.47 Å². The van der Waals surface area contributed by atoms with Gasteiger partial charge in [0.1, 0.15) is 11.4 Å². The monoisotopic (exact) mass is 551 g/mol. The van der Waals surface area contributed by atoms with Gasteiger partial charge in [0.25, 0.3) is 0 Å². The number of aryl methyl sites for hydroxylation is 4. The Morgan fingerprint density at radius 2 is 1.90 bits per heavy atom. The van der Waals surface area contributed by atoms with Crippen molar-refractivity contribution in [3.63, 3.8) is 0 Å². The summed E-state index contributed by atoms with van der Waals surface area (Å²) in [6, 6.07) is 18.5. The Balaban J connectivity index is 1.42. The molecule has 0 atom stereocenters. The van der Waals surface area contributed by atoms with Gasteiger partial charge < -0.3 is 19.1 Å². The highest BCUT2D eigenvalue weighted by Gasteiger charge is 2.28. The molecular formula is C34H37N3O4. The predicted octanol–water partition coefficient (Wildman–Crippen LogP) is 7.47. The molecule has 7 nitrogen and oxygen atoms in total. The van der Waals surface area contributed by atoms with Crippen molar-refractivity contribution < 1.29 is 19.4 Å². The molecule has 5 aromatic rings. The van der Waals surface area contributed by atoms with Gasteiger partial charge in [-0.25, -0.2) is 4.79 Å². The first-order valence-electron chi connectivity index (χ1n) is 14.7. The SMILES string of the molecule is CCCc1n[nH]c2c1-c1c(C)ccc3c(CCCOc4cccc5ccccc45)c(C(=O)O)n(c13)CCCCOC2. The fraction of sp³-hybridized carbons (Fsp3) is 0.353. The average molecular weight is 552 g/mol. The van der Waals surface area contributed by atoms with Gasteiger partial charge in [0.2, 0.25) is 0 Å². The van der Waals surface area contributed by atoms with Crippen LogP contribution in [-0.4, -0.2) is 39.1 Å². The lowest BCUT2D eigenvalue weighted by Gasteiger charge is -2.14. The molecule has 2 aromatic heterocycles. The third kappa shape index (κ3) is 5.10. The Morgan fingerprint density at radius 1 is 1.05 bits per heavy atom. The van der Waals surface area contributed by atoms with E-state index in [0.717, 1.165) is 86.7 Å². The summed E-state index contributed by atoms with van der Waals surface area (Å²) in [5.74, 6) is -0.0309. The van der Waals surface area contributed by atoms with Crippen molar-refractivity contribution in [2.45, 2.75) is 65.5 Å². The summed E-state index contributed by atoms with van der Waals surface area (Å²) in [5, 5.41) is 21.7. The quantitative estimate of drug-likeness (QED) is 0.195. The smallest absolute Gasteiger partial charge is 0.352 e. The van der Waals surface area contributed by atoms with Gasteiger partial charge in [-0.15, -0.1) is 0 Å². The number of hydrogen-bond donors (Lipinski definition) is 2. The zero-order valence-corrected chi connectivity index (χ0v) is 23.8. The summed E-state index contributed by atoms with van der Waals surface area (Å²) in [4.78, 5) is 12.9. The van der Waals surface area contributed by atoms with Crippen LogP contribution in [0.2, 0.25) is 0 Å². The van der Waals surface area contributed by atoms with E-state index in [1.165, 1.54) is 0 Å². The largest absolute Gasteiger partial charge is 0.493 e. The Kier molecular flexibility index (Phi) is 7.79. The number of nitrogens with one attached hydrogen (secondary N) is 1. The highest BCUT2D eigenvalue weighted by Crippen LogP contribution is 2.41. The van der Waals surface area contributed by atoms with Crippen LogP contribution in [0.4, 0.5) is 0 Å². The Bertz CT molecular complexity index is 1710. The van der Waals surface area contributed by atoms with Crippen molar-refractivity contribution in [1.29, 1.82) is 0 Å². The van der Waals surface area contributed by atoms with Crippen molar-refractivity contribution in [3.05, 3.63) is 82.8 Å². The number of carbonyl (C=O) groups is 1. The molecule has 0 saturated carbocycles. The number of aromatic amines is 1. The molecule has 6 rings (SSSR count). The first kappa shape index (κ1) is 27.1. The van der Waals surface area contributed by atoms with Crippen LogP contribution in [0, 0.1) is 6.92 Å². The van der Waals surface area contributed by atoms with Gasteiger partial charge in [0.05, 0.1) is 30.1 Å². The summed E-state index contributed by atoms with van der Waals surface area (Å²) < 4.78 is 14.3. The fourth-order valence-corrected chi connectivity index (χ4v) is 6.29. The van der Waals surface area contributed by atoms with Crippen molar-refractivity contribution in [3.8, 4) is 16.9 Å². The van der Waals surface area contributed by atoms with Crippen LogP contribution >= 0.6 is 0 Å². The zero-order chi connectivity index (χ0) is 28.3. The molecule has 7 heteroatoms. The number of aromatic nitrogens is 3. The van der Waals surface area contributed by atoms with Gasteiger partial charge in [-0.1, -0.05) is 61.9 Å². The van der Waals surface area contributed by atoms with Crippen molar-refractivity contribution in [1.82, 2.24) is 14.8 Å². The van der Waals surface area contributed by atoms with E-state index in [9.17, 15) is 9.90 Å². The van der Waals surface area contributed by atoms with E-state index in [1.807, 2.05) is 24.3 Å². The molecule has 0 amide bonds. The molecule has 0 radical (unpaired) electrons. The van der Waals surface area contributed by atoms with E-state index in [-0.39, 0.29) is 0 Å². The fourth-order valence-electron chi connectivity index (χ4n) is 6.29. The van der Waals surface area contributed by atoms with Gasteiger partial charge >= 0.3 is 5.97 Å². The minimum absolute atomic E-state index is 0.388. The molecule has 0 bridgehead atoms. The number of carboxylic acid groups (broad SMARTS) is 1. The van der Waals surface area contributed by atoms with E-state index < -0.39 is 5.97 Å². The van der Waals surface area contributed by atoms with E-state index in [2.05, 4.69) is 58.9 Å². The van der Waals surface area contributed by atoms with Gasteiger partial charge in [0.15, 0.2) is 0 Å². The van der Waals surface area contributed by atoms with Crippen LogP contribution in [0.1, 0.15) is 65.6 Å². The van der Waals surface area contributed by atoms with Gasteiger partial charge in [-0.3, -0.25) is 5.10 Å². The van der Waals surface area contributed by atoms with Crippen LogP contribution < -0.4 is 4.74 Å². The molecule has 3 heterocycles. The highest BCUT2D eigenvalue weighted by molar-refractivity contribution is 6.05. The maximum Gasteiger partial charge on any atom is 0.352 e. The lowest BCUT2D eigenvalue weighted by atomic mass is 9.93. The minimum Gasteiger partial charge on any atom is -0.493 e. The standard InChI is InChI=1S/C34H37N3O4/c1-3-10-27-31-28(36-35-27)21-40-19-7-6-18-37-32-26(17-16-22(2)30(31)32)25(33(37)34(38)39)14-9-20-41-29-15-8-12-23-11-4-5-13-24(23)29/h4-5,8,11-13,15-17H,3,6-7,9-10,14,18-21H2,1-2H3,(H,35,36)(H,38,39). The highest BCUT2D eigenvalue weighted by atomic mass is 16.5. The second kappa shape index (κ2) is 11.8. The number of carboxylic acids is 1. The van der Waals surface area contributed by atoms with Gasteiger partial charge in [-0.05, 0) is 61.6 Å². The Hall–Kier alpha value is -4.10. The van der Waals surface area contributed by atoms with Crippen LogP contribution in [-0.2, 0) is 30.7 Å². The summed E-state index contributed by atoms with van der Waals surface area (Å²) in [5.41, 5.74) is 7.48. The van der Waals surface area contributed by atoms with Crippen LogP contribution in [0.25, 0.3) is 32.8 Å². The number of rotatable bonds is 8. The number of ether oxygens (including phenoxy) is 2. The lowest BCUT2D eigenvalue weighted by molar-refractivity contribution is 0.0683. The van der Waals surface area contributed by atoms with Crippen molar-refractivity contribution in [2.75, 3.05) is 13.2 Å². The molecule has 0 saturated heterocycles. The number of hydrogen-bond acceptors (Lipinski definition) is 4. The third-order valence-electron chi connectivity index (χ3n) is 8.14. The van der Waals surface area contributed by atoms with E-state index >= 15 is 0 Å². The zero-order valence-electron chi connectivity index (χ0n) is 23.8. The molecule has 41 heavy (non-hydrogen) atoms. The Labute approximate surface area is 240 Å².